The van der Waals surface area contributed by atoms with E-state index >= 15 is 0 Å². The predicted octanol–water partition coefficient (Wildman–Crippen LogP) is 1.28. The Labute approximate surface area is 72.2 Å². The van der Waals surface area contributed by atoms with E-state index < -0.39 is 0 Å². The highest BCUT2D eigenvalue weighted by Gasteiger charge is 2.32. The van der Waals surface area contributed by atoms with Gasteiger partial charge in [-0.1, -0.05) is 11.8 Å². The summed E-state index contributed by atoms with van der Waals surface area (Å²) in [6.45, 7) is 7.40. The van der Waals surface area contributed by atoms with E-state index in [4.69, 9.17) is 0 Å². The minimum absolute atomic E-state index is 0.00685. The summed E-state index contributed by atoms with van der Waals surface area (Å²) in [6, 6.07) is 0. The van der Waals surface area contributed by atoms with Gasteiger partial charge < -0.3 is 4.90 Å². The molecule has 1 rings (SSSR count). The zero-order chi connectivity index (χ0) is 8.48. The molecule has 0 amide bonds. The van der Waals surface area contributed by atoms with Crippen molar-refractivity contribution in [3.8, 4) is 0 Å². The van der Waals surface area contributed by atoms with Crippen LogP contribution in [0.1, 0.15) is 20.8 Å². The summed E-state index contributed by atoms with van der Waals surface area (Å²) in [4.78, 5) is 2.25. The molecule has 0 aromatic carbocycles. The molecular formula is C7H15N3S. The quantitative estimate of drug-likeness (QED) is 0.647. The molecule has 1 N–H and O–H groups in total. The van der Waals surface area contributed by atoms with Gasteiger partial charge in [-0.05, 0) is 27.0 Å². The van der Waals surface area contributed by atoms with Crippen LogP contribution < -0.4 is 5.43 Å². The second-order valence-corrected chi connectivity index (χ2v) is 3.79. The fourth-order valence-corrected chi connectivity index (χ4v) is 1.95. The molecule has 1 aliphatic heterocycles. The van der Waals surface area contributed by atoms with E-state index in [1.807, 2.05) is 6.26 Å². The molecule has 0 bridgehead atoms. The molecule has 0 saturated heterocycles. The maximum Gasteiger partial charge on any atom is 0.184 e. The average molecular weight is 173 g/mol. The molecule has 0 aliphatic carbocycles. The second kappa shape index (κ2) is 2.93. The number of hydrogen-bond acceptors (Lipinski definition) is 4. The minimum Gasteiger partial charge on any atom is -0.326 e. The van der Waals surface area contributed by atoms with E-state index in [9.17, 15) is 0 Å². The monoisotopic (exact) mass is 173 g/mol. The Hall–Kier alpha value is -0.380. The van der Waals surface area contributed by atoms with E-state index in [2.05, 4.69) is 36.2 Å². The van der Waals surface area contributed by atoms with Crippen molar-refractivity contribution in [2.45, 2.75) is 26.4 Å². The molecule has 0 unspecified atom stereocenters. The number of hydrogen-bond donors (Lipinski definition) is 1. The third kappa shape index (κ3) is 1.45. The van der Waals surface area contributed by atoms with Crippen molar-refractivity contribution >= 4 is 16.9 Å². The van der Waals surface area contributed by atoms with Gasteiger partial charge >= 0.3 is 0 Å². The van der Waals surface area contributed by atoms with Crippen molar-refractivity contribution in [1.82, 2.24) is 10.3 Å². The summed E-state index contributed by atoms with van der Waals surface area (Å²) in [5.74, 6) is 0. The smallest absolute Gasteiger partial charge is 0.184 e. The van der Waals surface area contributed by atoms with Crippen LogP contribution in [0.15, 0.2) is 5.10 Å². The van der Waals surface area contributed by atoms with Crippen molar-refractivity contribution in [2.75, 3.05) is 12.8 Å². The number of nitrogens with zero attached hydrogens (tertiary/aromatic N) is 2. The molecule has 0 aromatic heterocycles. The third-order valence-corrected chi connectivity index (χ3v) is 2.51. The number of thioether (sulfide) groups is 1. The number of rotatable bonds is 1. The minimum atomic E-state index is -0.00685. The van der Waals surface area contributed by atoms with Crippen LogP contribution in [0.3, 0.4) is 0 Å². The predicted molar refractivity (Wildman–Crippen MR) is 50.5 cm³/mol. The van der Waals surface area contributed by atoms with Gasteiger partial charge in [0.25, 0.3) is 0 Å². The van der Waals surface area contributed by atoms with Crippen LogP contribution in [0.5, 0.6) is 0 Å². The summed E-state index contributed by atoms with van der Waals surface area (Å²) in [6.07, 6.45) is 2.05. The van der Waals surface area contributed by atoms with E-state index in [0.717, 1.165) is 11.7 Å². The van der Waals surface area contributed by atoms with Gasteiger partial charge in [-0.3, -0.25) is 5.43 Å². The number of hydrazone groups is 1. The molecule has 0 radical (unpaired) electrons. The normalized spacial score (nSPS) is 21.5. The fraction of sp³-hybridized carbons (Fsp3) is 0.857. The molecule has 0 aromatic rings. The fourth-order valence-electron chi connectivity index (χ4n) is 1.23. The summed E-state index contributed by atoms with van der Waals surface area (Å²) in [5, 5.41) is 5.30. The van der Waals surface area contributed by atoms with Crippen LogP contribution in [-0.4, -0.2) is 28.5 Å². The SMILES string of the molecule is CCN1C(SC)=NNC1(C)C. The van der Waals surface area contributed by atoms with Crippen LogP contribution in [0.25, 0.3) is 0 Å². The Balaban J connectivity index is 2.73. The van der Waals surface area contributed by atoms with Crippen molar-refractivity contribution < 1.29 is 0 Å². The highest BCUT2D eigenvalue weighted by atomic mass is 32.2. The Morgan fingerprint density at radius 3 is 2.64 bits per heavy atom. The first-order valence-corrected chi connectivity index (χ1v) is 5.00. The largest absolute Gasteiger partial charge is 0.326 e. The van der Waals surface area contributed by atoms with Gasteiger partial charge in [0.1, 0.15) is 5.66 Å². The lowest BCUT2D eigenvalue weighted by Gasteiger charge is -2.31. The van der Waals surface area contributed by atoms with Gasteiger partial charge in [-0.25, -0.2) is 0 Å². The topological polar surface area (TPSA) is 27.6 Å². The van der Waals surface area contributed by atoms with Crippen molar-refractivity contribution in [3.05, 3.63) is 0 Å². The van der Waals surface area contributed by atoms with E-state index in [1.165, 1.54) is 0 Å². The summed E-state index contributed by atoms with van der Waals surface area (Å²) in [7, 11) is 0. The summed E-state index contributed by atoms with van der Waals surface area (Å²) < 4.78 is 0. The van der Waals surface area contributed by atoms with Crippen LogP contribution in [0.2, 0.25) is 0 Å². The van der Waals surface area contributed by atoms with Gasteiger partial charge in [-0.15, -0.1) is 0 Å². The Morgan fingerprint density at radius 2 is 2.27 bits per heavy atom. The Morgan fingerprint density at radius 1 is 1.64 bits per heavy atom. The lowest BCUT2D eigenvalue weighted by Crippen LogP contribution is -2.48. The van der Waals surface area contributed by atoms with E-state index in [0.29, 0.717) is 0 Å². The van der Waals surface area contributed by atoms with Gasteiger partial charge in [0.2, 0.25) is 0 Å². The molecule has 0 spiro atoms. The maximum atomic E-state index is 4.21. The van der Waals surface area contributed by atoms with Crippen molar-refractivity contribution in [2.24, 2.45) is 5.10 Å². The highest BCUT2D eigenvalue weighted by Crippen LogP contribution is 2.21. The lowest BCUT2D eigenvalue weighted by molar-refractivity contribution is 0.211. The second-order valence-electron chi connectivity index (χ2n) is 3.01. The first-order valence-electron chi connectivity index (χ1n) is 3.78. The first-order chi connectivity index (χ1) is 5.11. The van der Waals surface area contributed by atoms with Gasteiger partial charge in [-0.2, -0.15) is 5.10 Å². The summed E-state index contributed by atoms with van der Waals surface area (Å²) in [5.41, 5.74) is 3.08. The molecule has 3 nitrogen and oxygen atoms in total. The van der Waals surface area contributed by atoms with Crippen LogP contribution in [-0.2, 0) is 0 Å². The molecule has 1 heterocycles. The zero-order valence-electron chi connectivity index (χ0n) is 7.51. The van der Waals surface area contributed by atoms with Crippen LogP contribution >= 0.6 is 11.8 Å². The van der Waals surface area contributed by atoms with Crippen LogP contribution in [0.4, 0.5) is 0 Å². The lowest BCUT2D eigenvalue weighted by atomic mass is 10.2. The molecule has 0 fully saturated rings. The molecule has 1 aliphatic rings. The van der Waals surface area contributed by atoms with E-state index in [-0.39, 0.29) is 5.66 Å². The van der Waals surface area contributed by atoms with Gasteiger partial charge in [0.05, 0.1) is 0 Å². The number of amidine groups is 1. The molecular weight excluding hydrogens is 158 g/mol. The van der Waals surface area contributed by atoms with Gasteiger partial charge in [0.15, 0.2) is 5.17 Å². The Kier molecular flexibility index (Phi) is 2.32. The van der Waals surface area contributed by atoms with Gasteiger partial charge in [0, 0.05) is 6.54 Å². The maximum absolute atomic E-state index is 4.21. The van der Waals surface area contributed by atoms with Crippen LogP contribution in [0, 0.1) is 0 Å². The molecule has 4 heteroatoms. The molecule has 64 valence electrons. The number of nitrogens with one attached hydrogen (secondary N) is 1. The molecule has 0 atom stereocenters. The zero-order valence-corrected chi connectivity index (χ0v) is 8.33. The highest BCUT2D eigenvalue weighted by molar-refractivity contribution is 8.13. The first kappa shape index (κ1) is 8.71. The molecule has 11 heavy (non-hydrogen) atoms. The van der Waals surface area contributed by atoms with Crippen molar-refractivity contribution in [1.29, 1.82) is 0 Å². The standard InChI is InChI=1S/C7H15N3S/c1-5-10-6(11-4)8-9-7(10,2)3/h9H,5H2,1-4H3. The van der Waals surface area contributed by atoms with E-state index in [1.54, 1.807) is 11.8 Å². The van der Waals surface area contributed by atoms with Crippen molar-refractivity contribution in [3.63, 3.8) is 0 Å². The third-order valence-electron chi connectivity index (χ3n) is 1.83. The average Bonchev–Trinajstić information content (AvgIpc) is 2.24. The molecule has 0 saturated carbocycles. The Bertz CT molecular complexity index is 177. The summed E-state index contributed by atoms with van der Waals surface area (Å²) >= 11 is 1.68.